The number of fused-ring (bicyclic) bond motifs is 4. The van der Waals surface area contributed by atoms with E-state index in [0.29, 0.717) is 53.4 Å². The Hall–Kier alpha value is -5.11. The summed E-state index contributed by atoms with van der Waals surface area (Å²) in [6, 6.07) is 7.38. The van der Waals surface area contributed by atoms with Gasteiger partial charge in [0.2, 0.25) is 11.8 Å². The second-order valence-electron chi connectivity index (χ2n) is 9.28. The molecule has 2 aromatic heterocycles. The number of ether oxygens (including phenoxy) is 1. The molecule has 1 atom stereocenters. The third-order valence-corrected chi connectivity index (χ3v) is 6.79. The molecule has 1 unspecified atom stereocenters. The van der Waals surface area contributed by atoms with E-state index in [1.54, 1.807) is 30.5 Å². The molecule has 15 heteroatoms. The number of imidazole rings is 1. The number of carbonyl (C=O) groups excluding carboxylic acids is 3. The largest absolute Gasteiger partial charge is 0.453 e. The maximum Gasteiger partial charge on any atom is 0.411 e. The van der Waals surface area contributed by atoms with Crippen molar-refractivity contribution in [2.24, 2.45) is 0 Å². The lowest BCUT2D eigenvalue weighted by atomic mass is 10.1. The molecule has 2 bridgehead atoms. The van der Waals surface area contributed by atoms with Crippen molar-refractivity contribution in [2.75, 3.05) is 17.7 Å². The maximum atomic E-state index is 14.9. The van der Waals surface area contributed by atoms with Gasteiger partial charge in [-0.15, -0.1) is 5.10 Å². The van der Waals surface area contributed by atoms with Crippen LogP contribution in [-0.4, -0.2) is 55.2 Å². The van der Waals surface area contributed by atoms with Crippen LogP contribution < -0.4 is 16.0 Å². The van der Waals surface area contributed by atoms with E-state index < -0.39 is 23.9 Å². The van der Waals surface area contributed by atoms with Crippen molar-refractivity contribution in [1.82, 2.24) is 35.5 Å². The minimum absolute atomic E-state index is 0.0348. The number of methoxy groups -OCH3 is 1. The van der Waals surface area contributed by atoms with Crippen molar-refractivity contribution in [1.29, 1.82) is 0 Å². The Bertz CT molecular complexity index is 1660. The number of halogens is 2. The molecule has 42 heavy (non-hydrogen) atoms. The van der Waals surface area contributed by atoms with Gasteiger partial charge in [-0.05, 0) is 59.7 Å². The molecule has 2 aromatic carbocycles. The molecule has 0 saturated heterocycles. The molecule has 0 spiro atoms. The van der Waals surface area contributed by atoms with Gasteiger partial charge in [-0.2, -0.15) is 4.68 Å². The fourth-order valence-electron chi connectivity index (χ4n) is 4.46. The number of hydrogen-bond acceptors (Lipinski definition) is 8. The van der Waals surface area contributed by atoms with Crippen molar-refractivity contribution < 1.29 is 23.5 Å². The maximum absolute atomic E-state index is 14.9. The first-order chi connectivity index (χ1) is 20.3. The Morgan fingerprint density at radius 3 is 2.88 bits per heavy atom. The van der Waals surface area contributed by atoms with Gasteiger partial charge >= 0.3 is 6.09 Å². The number of rotatable bonds is 5. The minimum Gasteiger partial charge on any atom is -0.453 e. The van der Waals surface area contributed by atoms with E-state index in [0.717, 1.165) is 0 Å². The molecule has 4 aromatic rings. The van der Waals surface area contributed by atoms with E-state index in [4.69, 9.17) is 11.6 Å². The summed E-state index contributed by atoms with van der Waals surface area (Å²) in [6.45, 7) is 0. The molecular formula is C27H25ClFN9O4. The van der Waals surface area contributed by atoms with E-state index in [2.05, 4.69) is 46.2 Å². The first-order valence-electron chi connectivity index (χ1n) is 12.9. The zero-order valence-corrected chi connectivity index (χ0v) is 23.0. The molecule has 3 amide bonds. The smallest absolute Gasteiger partial charge is 0.411 e. The number of nitrogens with zero attached hydrogens (tertiary/aromatic N) is 5. The van der Waals surface area contributed by atoms with Gasteiger partial charge in [-0.25, -0.2) is 14.2 Å². The highest BCUT2D eigenvalue weighted by Crippen LogP contribution is 2.32. The lowest BCUT2D eigenvalue weighted by Crippen LogP contribution is -2.28. The summed E-state index contributed by atoms with van der Waals surface area (Å²) in [6.07, 6.45) is 6.74. The lowest BCUT2D eigenvalue weighted by Gasteiger charge is -2.17. The predicted octanol–water partition coefficient (Wildman–Crippen LogP) is 4.41. The normalized spacial score (nSPS) is 15.2. The van der Waals surface area contributed by atoms with Crippen LogP contribution >= 0.6 is 11.6 Å². The fourth-order valence-corrected chi connectivity index (χ4v) is 4.62. The second kappa shape index (κ2) is 12.6. The van der Waals surface area contributed by atoms with E-state index in [1.165, 1.54) is 36.3 Å². The molecule has 1 aliphatic rings. The topological polar surface area (TPSA) is 169 Å². The number of aromatic nitrogens is 6. The summed E-state index contributed by atoms with van der Waals surface area (Å²) in [5.41, 5.74) is 2.35. The van der Waals surface area contributed by atoms with Crippen LogP contribution in [0.3, 0.4) is 0 Å². The molecule has 216 valence electrons. The van der Waals surface area contributed by atoms with Crippen LogP contribution in [-0.2, 0) is 14.3 Å². The van der Waals surface area contributed by atoms with Gasteiger partial charge in [0.15, 0.2) is 5.82 Å². The minimum atomic E-state index is -0.725. The summed E-state index contributed by atoms with van der Waals surface area (Å²) in [5.74, 6) is -0.918. The molecule has 5 rings (SSSR count). The number of hydrogen-bond donors (Lipinski definition) is 4. The number of amides is 3. The third-order valence-electron chi connectivity index (χ3n) is 6.50. The predicted molar refractivity (Wildman–Crippen MR) is 151 cm³/mol. The molecule has 0 radical (unpaired) electrons. The van der Waals surface area contributed by atoms with E-state index in [1.807, 2.05) is 0 Å². The zero-order valence-electron chi connectivity index (χ0n) is 22.2. The van der Waals surface area contributed by atoms with Gasteiger partial charge in [0, 0.05) is 35.5 Å². The van der Waals surface area contributed by atoms with Crippen molar-refractivity contribution in [2.45, 2.75) is 31.7 Å². The first kappa shape index (κ1) is 28.4. The lowest BCUT2D eigenvalue weighted by molar-refractivity contribution is -0.118. The van der Waals surface area contributed by atoms with E-state index in [9.17, 15) is 18.8 Å². The second-order valence-corrected chi connectivity index (χ2v) is 9.69. The summed E-state index contributed by atoms with van der Waals surface area (Å²) in [7, 11) is 1.25. The van der Waals surface area contributed by atoms with Crippen LogP contribution in [0.15, 0.2) is 48.9 Å². The Morgan fingerprint density at radius 2 is 2.10 bits per heavy atom. The van der Waals surface area contributed by atoms with Crippen LogP contribution in [0.25, 0.3) is 23.0 Å². The number of anilines is 2. The molecule has 1 aliphatic heterocycles. The van der Waals surface area contributed by atoms with Crippen molar-refractivity contribution >= 4 is 47.0 Å². The summed E-state index contributed by atoms with van der Waals surface area (Å²) in [5, 5.41) is 19.2. The fraction of sp³-hybridized carbons (Fsp3) is 0.222. The van der Waals surface area contributed by atoms with Gasteiger partial charge < -0.3 is 20.4 Å². The molecule has 4 N–H and O–H groups in total. The van der Waals surface area contributed by atoms with Gasteiger partial charge in [0.25, 0.3) is 0 Å². The summed E-state index contributed by atoms with van der Waals surface area (Å²) in [4.78, 5) is 45.2. The van der Waals surface area contributed by atoms with Gasteiger partial charge in [0.1, 0.15) is 12.2 Å². The highest BCUT2D eigenvalue weighted by atomic mass is 35.5. The molecular weight excluding hydrogens is 569 g/mol. The van der Waals surface area contributed by atoms with Gasteiger partial charge in [0.05, 0.1) is 35.2 Å². The van der Waals surface area contributed by atoms with Gasteiger partial charge in [-0.3, -0.25) is 14.9 Å². The van der Waals surface area contributed by atoms with Crippen LogP contribution in [0.5, 0.6) is 0 Å². The molecule has 13 nitrogen and oxygen atoms in total. The average molecular weight is 594 g/mol. The van der Waals surface area contributed by atoms with Crippen LogP contribution in [0.4, 0.5) is 20.6 Å². The van der Waals surface area contributed by atoms with E-state index >= 15 is 0 Å². The number of benzene rings is 2. The number of tetrazole rings is 1. The van der Waals surface area contributed by atoms with Crippen molar-refractivity contribution in [3.05, 3.63) is 71.2 Å². The van der Waals surface area contributed by atoms with E-state index in [-0.39, 0.29) is 22.9 Å². The number of H-pyrrole nitrogens is 1. The first-order valence-corrected chi connectivity index (χ1v) is 13.2. The molecule has 0 saturated carbocycles. The number of nitrogens with one attached hydrogen (secondary N) is 4. The monoisotopic (exact) mass is 593 g/mol. The van der Waals surface area contributed by atoms with Crippen molar-refractivity contribution in [3.63, 3.8) is 0 Å². The Morgan fingerprint density at radius 1 is 1.24 bits per heavy atom. The Balaban J connectivity index is 1.40. The van der Waals surface area contributed by atoms with Crippen LogP contribution in [0.2, 0.25) is 5.02 Å². The number of aromatic amines is 1. The Kier molecular flexibility index (Phi) is 8.52. The Labute approximate surface area is 243 Å². The third kappa shape index (κ3) is 6.44. The van der Waals surface area contributed by atoms with Crippen LogP contribution in [0.1, 0.15) is 43.1 Å². The average Bonchev–Trinajstić information content (AvgIpc) is 3.68. The van der Waals surface area contributed by atoms with Gasteiger partial charge in [-0.1, -0.05) is 18.0 Å². The molecule has 0 fully saturated rings. The molecule has 3 heterocycles. The summed E-state index contributed by atoms with van der Waals surface area (Å²) >= 11 is 5.98. The van der Waals surface area contributed by atoms with Crippen LogP contribution in [0, 0.1) is 5.82 Å². The summed E-state index contributed by atoms with van der Waals surface area (Å²) < 4.78 is 20.8. The number of carbonyl (C=O) groups is 3. The SMILES string of the molecule is COC(=O)Nc1ccc2c(c1)NC(=O)CCCCC(NC(=O)/C=C/c1c(-n3cnnn3)ccc(Cl)c1F)c1nc-2c[nH]1. The quantitative estimate of drug-likeness (QED) is 0.247. The highest BCUT2D eigenvalue weighted by molar-refractivity contribution is 6.31. The standard InChI is InChI=1S/C27H25ClFN9O4/c1-42-27(41)32-15-6-7-16-20(12-15)34-23(39)5-3-2-4-19(26-30-13-21(16)35-26)33-24(40)11-8-17-22(38-14-31-36-37-38)10-9-18(28)25(17)29/h6-14,19H,2-5H2,1H3,(H,30,35)(H,32,41)(H,33,40)(H,34,39)/b11-8+. The van der Waals surface area contributed by atoms with Crippen molar-refractivity contribution in [3.8, 4) is 16.9 Å². The zero-order chi connectivity index (χ0) is 29.6. The highest BCUT2D eigenvalue weighted by Gasteiger charge is 2.21. The molecule has 0 aliphatic carbocycles.